The summed E-state index contributed by atoms with van der Waals surface area (Å²) in [4.78, 5) is 5.22. The van der Waals surface area contributed by atoms with E-state index in [2.05, 4.69) is 16.0 Å². The number of piperidine rings is 1. The minimum Gasteiger partial charge on any atom is -0.325 e. The fourth-order valence-electron chi connectivity index (χ4n) is 4.89. The zero-order valence-corrected chi connectivity index (χ0v) is 16.6. The predicted octanol–water partition coefficient (Wildman–Crippen LogP) is 3.51. The van der Waals surface area contributed by atoms with Crippen molar-refractivity contribution in [1.29, 1.82) is 0 Å². The third kappa shape index (κ3) is 3.25. The van der Waals surface area contributed by atoms with Crippen LogP contribution in [0.15, 0.2) is 59.5 Å². The van der Waals surface area contributed by atoms with E-state index in [4.69, 9.17) is 4.98 Å². The van der Waals surface area contributed by atoms with Gasteiger partial charge in [-0.3, -0.25) is 0 Å². The number of nitrogens with one attached hydrogen (secondary N) is 1. The van der Waals surface area contributed by atoms with E-state index in [0.29, 0.717) is 29.4 Å². The molecule has 1 aromatic heterocycles. The van der Waals surface area contributed by atoms with Gasteiger partial charge in [-0.2, -0.15) is 0 Å². The van der Waals surface area contributed by atoms with Gasteiger partial charge in [0.15, 0.2) is 9.84 Å². The number of aryl methyl sites for hydroxylation is 1. The minimum atomic E-state index is -3.32. The zero-order valence-electron chi connectivity index (χ0n) is 15.8. The van der Waals surface area contributed by atoms with Crippen LogP contribution in [0.3, 0.4) is 0 Å². The molecule has 0 radical (unpaired) electrons. The van der Waals surface area contributed by atoms with Gasteiger partial charge in [-0.05, 0) is 49.9 Å². The Kier molecular flexibility index (Phi) is 4.48. The van der Waals surface area contributed by atoms with Crippen LogP contribution in [0.25, 0.3) is 11.0 Å². The Morgan fingerprint density at radius 3 is 2.39 bits per heavy atom. The van der Waals surface area contributed by atoms with E-state index in [0.717, 1.165) is 29.7 Å². The van der Waals surface area contributed by atoms with Crippen LogP contribution in [0, 0.1) is 0 Å². The topological polar surface area (TPSA) is 64.0 Å². The molecule has 0 saturated carbocycles. The second kappa shape index (κ2) is 7.01. The Balaban J connectivity index is 1.48. The number of sulfone groups is 1. The Morgan fingerprint density at radius 2 is 1.64 bits per heavy atom. The van der Waals surface area contributed by atoms with Crippen molar-refractivity contribution in [3.63, 3.8) is 0 Å². The molecule has 1 N–H and O–H groups in total. The number of benzene rings is 2. The summed E-state index contributed by atoms with van der Waals surface area (Å²) < 4.78 is 27.9. The molecule has 6 heteroatoms. The first-order valence-electron chi connectivity index (χ1n) is 10.1. The third-order valence-electron chi connectivity index (χ3n) is 6.18. The summed E-state index contributed by atoms with van der Waals surface area (Å²) in [5.74, 6) is 0.977. The molecule has 2 fully saturated rings. The lowest BCUT2D eigenvalue weighted by Crippen LogP contribution is -2.39. The van der Waals surface area contributed by atoms with Gasteiger partial charge in [0.1, 0.15) is 5.82 Å². The lowest BCUT2D eigenvalue weighted by molar-refractivity contribution is 0.299. The number of hydrogen-bond donors (Lipinski definition) is 1. The van der Waals surface area contributed by atoms with E-state index in [9.17, 15) is 8.42 Å². The molecule has 28 heavy (non-hydrogen) atoms. The average Bonchev–Trinajstić information content (AvgIpc) is 3.26. The van der Waals surface area contributed by atoms with E-state index in [1.807, 2.05) is 24.3 Å². The van der Waals surface area contributed by atoms with Crippen molar-refractivity contribution in [3.05, 3.63) is 60.4 Å². The summed E-state index contributed by atoms with van der Waals surface area (Å²) in [6.45, 7) is 0. The number of hydrogen-bond acceptors (Lipinski definition) is 4. The molecular weight excluding hydrogens is 370 g/mol. The summed E-state index contributed by atoms with van der Waals surface area (Å²) in [5.41, 5.74) is 2.08. The summed E-state index contributed by atoms with van der Waals surface area (Å²) >= 11 is 0. The van der Waals surface area contributed by atoms with Gasteiger partial charge >= 0.3 is 0 Å². The van der Waals surface area contributed by atoms with Crippen LogP contribution in [-0.4, -0.2) is 35.8 Å². The highest BCUT2D eigenvalue weighted by atomic mass is 32.2. The van der Waals surface area contributed by atoms with Gasteiger partial charge in [-0.15, -0.1) is 0 Å². The van der Waals surface area contributed by atoms with Crippen LogP contribution in [0.4, 0.5) is 0 Å². The molecular formula is C22H25N3O2S. The lowest BCUT2D eigenvalue weighted by atomic mass is 9.99. The van der Waals surface area contributed by atoms with E-state index in [1.165, 1.54) is 12.8 Å². The van der Waals surface area contributed by atoms with Crippen LogP contribution in [0.1, 0.15) is 37.5 Å². The van der Waals surface area contributed by atoms with Crippen molar-refractivity contribution in [3.8, 4) is 0 Å². The van der Waals surface area contributed by atoms with E-state index in [1.54, 1.807) is 24.3 Å². The largest absolute Gasteiger partial charge is 0.325 e. The SMILES string of the molecule is O=S(=O)(CCc1nc2ccccc2n1C1C[C@H]2CC[C@@H](C1)N2)c1ccccc1. The Hall–Kier alpha value is -2.18. The standard InChI is InChI=1S/C22H25N3O2S/c26-28(27,19-6-2-1-3-7-19)13-12-22-24-20-8-4-5-9-21(20)25(22)18-14-16-10-11-17(15-18)23-16/h1-9,16-18,23H,10-15H2/t16-,17+,18?. The minimum absolute atomic E-state index is 0.0815. The van der Waals surface area contributed by atoms with Gasteiger partial charge in [0, 0.05) is 24.5 Å². The Morgan fingerprint density at radius 1 is 0.964 bits per heavy atom. The second-order valence-electron chi connectivity index (χ2n) is 8.03. The summed E-state index contributed by atoms with van der Waals surface area (Å²) in [6, 6.07) is 18.4. The number of nitrogens with zero attached hydrogens (tertiary/aromatic N) is 2. The van der Waals surface area contributed by atoms with Crippen molar-refractivity contribution in [2.24, 2.45) is 0 Å². The molecule has 2 bridgehead atoms. The summed E-state index contributed by atoms with van der Waals surface area (Å²) in [7, 11) is -3.32. The van der Waals surface area contributed by atoms with Crippen molar-refractivity contribution in [1.82, 2.24) is 14.9 Å². The fourth-order valence-corrected chi connectivity index (χ4v) is 6.15. The monoisotopic (exact) mass is 395 g/mol. The smallest absolute Gasteiger partial charge is 0.178 e. The van der Waals surface area contributed by atoms with Gasteiger partial charge in [0.25, 0.3) is 0 Å². The van der Waals surface area contributed by atoms with E-state index >= 15 is 0 Å². The molecule has 5 rings (SSSR count). The molecule has 2 saturated heterocycles. The fraction of sp³-hybridized carbons (Fsp3) is 0.409. The van der Waals surface area contributed by atoms with Crippen molar-refractivity contribution in [2.45, 2.75) is 55.1 Å². The van der Waals surface area contributed by atoms with Gasteiger partial charge in [-0.25, -0.2) is 13.4 Å². The zero-order chi connectivity index (χ0) is 19.1. The van der Waals surface area contributed by atoms with Gasteiger partial charge in [0.05, 0.1) is 21.7 Å². The van der Waals surface area contributed by atoms with Crippen LogP contribution in [0.2, 0.25) is 0 Å². The second-order valence-corrected chi connectivity index (χ2v) is 10.1. The Bertz CT molecular complexity index is 1080. The summed E-state index contributed by atoms with van der Waals surface area (Å²) in [6.07, 6.45) is 5.10. The van der Waals surface area contributed by atoms with Crippen LogP contribution >= 0.6 is 0 Å². The third-order valence-corrected chi connectivity index (χ3v) is 7.91. The number of para-hydroxylation sites is 2. The first-order chi connectivity index (χ1) is 13.6. The van der Waals surface area contributed by atoms with Crippen molar-refractivity contribution >= 4 is 20.9 Å². The van der Waals surface area contributed by atoms with Gasteiger partial charge in [0.2, 0.25) is 0 Å². The molecule has 0 amide bonds. The number of fused-ring (bicyclic) bond motifs is 3. The maximum absolute atomic E-state index is 12.8. The maximum atomic E-state index is 12.8. The predicted molar refractivity (Wildman–Crippen MR) is 110 cm³/mol. The van der Waals surface area contributed by atoms with Gasteiger partial charge < -0.3 is 9.88 Å². The maximum Gasteiger partial charge on any atom is 0.178 e. The number of aromatic nitrogens is 2. The van der Waals surface area contributed by atoms with Crippen LogP contribution in [0.5, 0.6) is 0 Å². The highest BCUT2D eigenvalue weighted by molar-refractivity contribution is 7.91. The van der Waals surface area contributed by atoms with Crippen LogP contribution < -0.4 is 5.32 Å². The van der Waals surface area contributed by atoms with E-state index in [-0.39, 0.29) is 5.75 Å². The van der Waals surface area contributed by atoms with Crippen molar-refractivity contribution < 1.29 is 8.42 Å². The molecule has 3 atom stereocenters. The first kappa shape index (κ1) is 17.9. The first-order valence-corrected chi connectivity index (χ1v) is 11.7. The normalized spacial score (nSPS) is 24.6. The van der Waals surface area contributed by atoms with E-state index < -0.39 is 9.84 Å². The van der Waals surface area contributed by atoms with Gasteiger partial charge in [-0.1, -0.05) is 30.3 Å². The summed E-state index contributed by atoms with van der Waals surface area (Å²) in [5, 5.41) is 3.70. The highest BCUT2D eigenvalue weighted by Crippen LogP contribution is 2.36. The molecule has 5 nitrogen and oxygen atoms in total. The van der Waals surface area contributed by atoms with Crippen LogP contribution in [-0.2, 0) is 16.3 Å². The molecule has 0 spiro atoms. The average molecular weight is 396 g/mol. The molecule has 2 aromatic carbocycles. The molecule has 2 aliphatic heterocycles. The Labute approximate surface area is 165 Å². The van der Waals surface area contributed by atoms with Crippen molar-refractivity contribution in [2.75, 3.05) is 5.75 Å². The quantitative estimate of drug-likeness (QED) is 0.718. The molecule has 0 aliphatic carbocycles. The molecule has 146 valence electrons. The molecule has 3 aromatic rings. The molecule has 3 heterocycles. The number of rotatable bonds is 5. The lowest BCUT2D eigenvalue weighted by Gasteiger charge is -2.31. The highest BCUT2D eigenvalue weighted by Gasteiger charge is 2.35. The molecule has 1 unspecified atom stereocenters. The molecule has 2 aliphatic rings. The number of imidazole rings is 1.